The lowest BCUT2D eigenvalue weighted by molar-refractivity contribution is -0.119. The number of carbonyl (C=O) groups is 1. The summed E-state index contributed by atoms with van der Waals surface area (Å²) in [5.41, 5.74) is 1.08. The second kappa shape index (κ2) is 5.84. The van der Waals surface area contributed by atoms with Gasteiger partial charge in [-0.25, -0.2) is 0 Å². The van der Waals surface area contributed by atoms with Crippen molar-refractivity contribution in [2.24, 2.45) is 0 Å². The topological polar surface area (TPSA) is 29.1 Å². The molecule has 1 aromatic carbocycles. The minimum absolute atomic E-state index is 0.0396. The highest BCUT2D eigenvalue weighted by molar-refractivity contribution is 9.10. The van der Waals surface area contributed by atoms with Gasteiger partial charge in [-0.2, -0.15) is 11.8 Å². The van der Waals surface area contributed by atoms with Crippen LogP contribution in [0, 0.1) is 0 Å². The first-order valence-corrected chi connectivity index (χ1v) is 7.29. The Kier molecular flexibility index (Phi) is 4.44. The van der Waals surface area contributed by atoms with Crippen LogP contribution in [0.25, 0.3) is 0 Å². The van der Waals surface area contributed by atoms with Crippen LogP contribution in [0.2, 0.25) is 0 Å². The molecule has 1 N–H and O–H groups in total. The number of halogens is 1. The van der Waals surface area contributed by atoms with Gasteiger partial charge in [-0.15, -0.1) is 0 Å². The number of Topliss-reactive ketones (excluding diaryl/α,β-unsaturated/α-hetero) is 1. The van der Waals surface area contributed by atoms with Crippen molar-refractivity contribution in [1.29, 1.82) is 0 Å². The average molecular weight is 300 g/mol. The number of thioether (sulfide) groups is 1. The molecule has 2 nitrogen and oxygen atoms in total. The van der Waals surface area contributed by atoms with Gasteiger partial charge in [-0.3, -0.25) is 4.79 Å². The van der Waals surface area contributed by atoms with Gasteiger partial charge in [0.15, 0.2) is 5.78 Å². The molecule has 1 unspecified atom stereocenters. The van der Waals surface area contributed by atoms with E-state index < -0.39 is 0 Å². The van der Waals surface area contributed by atoms with E-state index in [4.69, 9.17) is 0 Å². The third-order valence-corrected chi connectivity index (χ3v) is 4.13. The quantitative estimate of drug-likeness (QED) is 0.928. The molecule has 16 heavy (non-hydrogen) atoms. The zero-order valence-corrected chi connectivity index (χ0v) is 11.3. The minimum Gasteiger partial charge on any atom is -0.306 e. The first kappa shape index (κ1) is 12.1. The Balaban J connectivity index is 1.96. The Hall–Kier alpha value is -0.320. The average Bonchev–Trinajstić information content (AvgIpc) is 2.30. The lowest BCUT2D eigenvalue weighted by Gasteiger charge is -2.21. The fourth-order valence-corrected chi connectivity index (χ4v) is 3.16. The third kappa shape index (κ3) is 3.34. The summed E-state index contributed by atoms with van der Waals surface area (Å²) in [7, 11) is 0. The van der Waals surface area contributed by atoms with Crippen LogP contribution in [-0.2, 0) is 11.2 Å². The second-order valence-corrected chi connectivity index (χ2v) is 5.92. The molecule has 0 bridgehead atoms. The van der Waals surface area contributed by atoms with Crippen LogP contribution in [0.5, 0.6) is 0 Å². The van der Waals surface area contributed by atoms with Gasteiger partial charge in [0.05, 0.1) is 6.04 Å². The van der Waals surface area contributed by atoms with Crippen molar-refractivity contribution in [2.75, 3.05) is 18.1 Å². The van der Waals surface area contributed by atoms with Crippen molar-refractivity contribution in [2.45, 2.75) is 12.5 Å². The summed E-state index contributed by atoms with van der Waals surface area (Å²) in [6, 6.07) is 7.99. The molecule has 0 saturated carbocycles. The number of carbonyl (C=O) groups excluding carboxylic acids is 1. The molecule has 1 fully saturated rings. The summed E-state index contributed by atoms with van der Waals surface area (Å²) in [5, 5.41) is 3.27. The minimum atomic E-state index is 0.0396. The van der Waals surface area contributed by atoms with Crippen molar-refractivity contribution in [3.63, 3.8) is 0 Å². The molecule has 1 aliphatic rings. The first-order chi connectivity index (χ1) is 7.75. The van der Waals surface area contributed by atoms with E-state index in [1.807, 2.05) is 36.0 Å². The number of hydrogen-bond donors (Lipinski definition) is 1. The fraction of sp³-hybridized carbons (Fsp3) is 0.417. The Morgan fingerprint density at radius 3 is 3.12 bits per heavy atom. The van der Waals surface area contributed by atoms with Crippen molar-refractivity contribution in [3.05, 3.63) is 34.3 Å². The fourth-order valence-electron chi connectivity index (χ4n) is 1.74. The van der Waals surface area contributed by atoms with E-state index in [0.717, 1.165) is 28.1 Å². The molecule has 0 spiro atoms. The van der Waals surface area contributed by atoms with Crippen LogP contribution in [-0.4, -0.2) is 29.9 Å². The van der Waals surface area contributed by atoms with Crippen LogP contribution in [0.15, 0.2) is 28.7 Å². The standard InChI is InChI=1S/C12H14BrNOS/c13-10-3-1-2-9(6-10)7-12(15)11-8-16-5-4-14-11/h1-3,6,11,14H,4-5,7-8H2. The maximum atomic E-state index is 12.0. The van der Waals surface area contributed by atoms with E-state index in [1.54, 1.807) is 0 Å². The maximum Gasteiger partial charge on any atom is 0.154 e. The predicted octanol–water partition coefficient (Wildman–Crippen LogP) is 2.27. The predicted molar refractivity (Wildman–Crippen MR) is 72.0 cm³/mol. The molecule has 1 aromatic rings. The van der Waals surface area contributed by atoms with E-state index in [0.29, 0.717) is 12.2 Å². The Morgan fingerprint density at radius 2 is 2.44 bits per heavy atom. The number of benzene rings is 1. The van der Waals surface area contributed by atoms with Gasteiger partial charge in [0.1, 0.15) is 0 Å². The summed E-state index contributed by atoms with van der Waals surface area (Å²) < 4.78 is 1.03. The number of hydrogen-bond acceptors (Lipinski definition) is 3. The molecule has 86 valence electrons. The Bertz CT molecular complexity index is 377. The highest BCUT2D eigenvalue weighted by Crippen LogP contribution is 2.14. The van der Waals surface area contributed by atoms with Gasteiger partial charge in [-0.1, -0.05) is 28.1 Å². The smallest absolute Gasteiger partial charge is 0.154 e. The Morgan fingerprint density at radius 1 is 1.56 bits per heavy atom. The number of rotatable bonds is 3. The summed E-state index contributed by atoms with van der Waals surface area (Å²) in [4.78, 5) is 12.0. The molecule has 0 aromatic heterocycles. The van der Waals surface area contributed by atoms with Gasteiger partial charge in [0.25, 0.3) is 0 Å². The van der Waals surface area contributed by atoms with Crippen LogP contribution in [0.3, 0.4) is 0 Å². The molecule has 1 aliphatic heterocycles. The molecule has 1 atom stereocenters. The monoisotopic (exact) mass is 299 g/mol. The molecule has 0 radical (unpaired) electrons. The summed E-state index contributed by atoms with van der Waals surface area (Å²) in [6.45, 7) is 0.944. The summed E-state index contributed by atoms with van der Waals surface area (Å²) >= 11 is 5.27. The van der Waals surface area contributed by atoms with Crippen LogP contribution < -0.4 is 5.32 Å². The highest BCUT2D eigenvalue weighted by Gasteiger charge is 2.20. The van der Waals surface area contributed by atoms with Crippen molar-refractivity contribution in [1.82, 2.24) is 5.32 Å². The summed E-state index contributed by atoms with van der Waals surface area (Å²) in [6.07, 6.45) is 0.525. The van der Waals surface area contributed by atoms with Gasteiger partial charge in [0, 0.05) is 28.9 Å². The van der Waals surface area contributed by atoms with Crippen molar-refractivity contribution in [3.8, 4) is 0 Å². The lowest BCUT2D eigenvalue weighted by Crippen LogP contribution is -2.44. The number of nitrogens with one attached hydrogen (secondary N) is 1. The SMILES string of the molecule is O=C(Cc1cccc(Br)c1)C1CSCCN1. The zero-order chi connectivity index (χ0) is 11.4. The molecule has 0 amide bonds. The van der Waals surface area contributed by atoms with Crippen molar-refractivity contribution < 1.29 is 4.79 Å². The second-order valence-electron chi connectivity index (χ2n) is 3.85. The van der Waals surface area contributed by atoms with Crippen molar-refractivity contribution >= 4 is 33.5 Å². The van der Waals surface area contributed by atoms with Crippen LogP contribution in [0.1, 0.15) is 5.56 Å². The van der Waals surface area contributed by atoms with E-state index in [1.165, 1.54) is 0 Å². The largest absolute Gasteiger partial charge is 0.306 e. The van der Waals surface area contributed by atoms with E-state index in [9.17, 15) is 4.79 Å². The van der Waals surface area contributed by atoms with E-state index in [2.05, 4.69) is 21.2 Å². The first-order valence-electron chi connectivity index (χ1n) is 5.34. The molecule has 1 heterocycles. The maximum absolute atomic E-state index is 12.0. The molecule has 1 saturated heterocycles. The summed E-state index contributed by atoms with van der Waals surface area (Å²) in [5.74, 6) is 2.32. The molecule has 4 heteroatoms. The van der Waals surface area contributed by atoms with Crippen LogP contribution >= 0.6 is 27.7 Å². The normalized spacial score (nSPS) is 20.7. The third-order valence-electron chi connectivity index (χ3n) is 2.58. The van der Waals surface area contributed by atoms with E-state index in [-0.39, 0.29) is 6.04 Å². The van der Waals surface area contributed by atoms with Gasteiger partial charge >= 0.3 is 0 Å². The zero-order valence-electron chi connectivity index (χ0n) is 8.91. The van der Waals surface area contributed by atoms with Gasteiger partial charge < -0.3 is 5.32 Å². The molecule has 2 rings (SSSR count). The lowest BCUT2D eigenvalue weighted by atomic mass is 10.0. The molecule has 0 aliphatic carbocycles. The molecular formula is C12H14BrNOS. The Labute approximate surface area is 108 Å². The number of ketones is 1. The van der Waals surface area contributed by atoms with Gasteiger partial charge in [-0.05, 0) is 17.7 Å². The van der Waals surface area contributed by atoms with E-state index >= 15 is 0 Å². The highest BCUT2D eigenvalue weighted by atomic mass is 79.9. The molecular weight excluding hydrogens is 286 g/mol. The van der Waals surface area contributed by atoms with Gasteiger partial charge in [0.2, 0.25) is 0 Å². The van der Waals surface area contributed by atoms with Crippen LogP contribution in [0.4, 0.5) is 0 Å².